The van der Waals surface area contributed by atoms with Crippen molar-refractivity contribution < 1.29 is 14.3 Å². The lowest BCUT2D eigenvalue weighted by molar-refractivity contribution is -0.139. The Bertz CT molecular complexity index is 577. The van der Waals surface area contributed by atoms with Gasteiger partial charge in [0, 0.05) is 32.5 Å². The first kappa shape index (κ1) is 16.8. The molecule has 3 rings (SSSR count). The van der Waals surface area contributed by atoms with Gasteiger partial charge >= 0.3 is 0 Å². The number of piperidine rings is 1. The van der Waals surface area contributed by atoms with E-state index in [2.05, 4.69) is 5.32 Å². The summed E-state index contributed by atoms with van der Waals surface area (Å²) in [7, 11) is 0. The van der Waals surface area contributed by atoms with E-state index in [9.17, 15) is 9.59 Å². The third kappa shape index (κ3) is 3.89. The molecule has 5 heteroatoms. The van der Waals surface area contributed by atoms with Gasteiger partial charge < -0.3 is 15.0 Å². The Hall–Kier alpha value is -2.04. The van der Waals surface area contributed by atoms with Crippen LogP contribution in [0.4, 0.5) is 0 Å². The van der Waals surface area contributed by atoms with Gasteiger partial charge in [-0.05, 0) is 36.8 Å². The molecular weight excluding hydrogens is 304 g/mol. The summed E-state index contributed by atoms with van der Waals surface area (Å²) in [6, 6.07) is 7.85. The monoisotopic (exact) mass is 330 g/mol. The summed E-state index contributed by atoms with van der Waals surface area (Å²) in [6.45, 7) is 4.16. The standard InChI is InChI=1S/C19H26N2O3/c1-2-6-18(22)20-12-14-7-5-10-21(13-14)19(23)17-11-15-8-3-4-9-16(15)24-17/h3-4,8-9,14,17H,2,5-7,10-13H2,1H3,(H,20,22)/t14-,17-/m1/s1. The summed E-state index contributed by atoms with van der Waals surface area (Å²) < 4.78 is 5.83. The molecule has 0 aromatic heterocycles. The normalized spacial score (nSPS) is 22.6. The molecule has 0 bridgehead atoms. The van der Waals surface area contributed by atoms with E-state index >= 15 is 0 Å². The van der Waals surface area contributed by atoms with Gasteiger partial charge in [-0.2, -0.15) is 0 Å². The Morgan fingerprint density at radius 3 is 2.96 bits per heavy atom. The number of likely N-dealkylation sites (tertiary alicyclic amines) is 1. The van der Waals surface area contributed by atoms with Crippen molar-refractivity contribution in [2.24, 2.45) is 5.92 Å². The van der Waals surface area contributed by atoms with Crippen molar-refractivity contribution in [1.29, 1.82) is 0 Å². The SMILES string of the molecule is CCCC(=O)NC[C@H]1CCCN(C(=O)[C@H]2Cc3ccccc3O2)C1. The van der Waals surface area contributed by atoms with E-state index < -0.39 is 6.10 Å². The van der Waals surface area contributed by atoms with Gasteiger partial charge in [0.2, 0.25) is 5.91 Å². The van der Waals surface area contributed by atoms with Crippen molar-refractivity contribution in [3.8, 4) is 5.75 Å². The van der Waals surface area contributed by atoms with Crippen LogP contribution in [-0.4, -0.2) is 42.5 Å². The van der Waals surface area contributed by atoms with Crippen LogP contribution in [0.3, 0.4) is 0 Å². The van der Waals surface area contributed by atoms with Crippen LogP contribution in [-0.2, 0) is 16.0 Å². The molecule has 24 heavy (non-hydrogen) atoms. The molecular formula is C19H26N2O3. The number of amides is 2. The summed E-state index contributed by atoms with van der Waals surface area (Å²) in [5, 5.41) is 2.99. The van der Waals surface area contributed by atoms with Crippen molar-refractivity contribution in [1.82, 2.24) is 10.2 Å². The van der Waals surface area contributed by atoms with Crippen LogP contribution in [0.5, 0.6) is 5.75 Å². The second-order valence-electron chi connectivity index (χ2n) is 6.76. The van der Waals surface area contributed by atoms with Crippen molar-refractivity contribution in [3.05, 3.63) is 29.8 Å². The number of ether oxygens (including phenoxy) is 1. The van der Waals surface area contributed by atoms with Gasteiger partial charge in [0.05, 0.1) is 0 Å². The van der Waals surface area contributed by atoms with Crippen LogP contribution in [0, 0.1) is 5.92 Å². The highest BCUT2D eigenvalue weighted by Gasteiger charge is 2.34. The van der Waals surface area contributed by atoms with Gasteiger partial charge in [0.25, 0.3) is 5.91 Å². The van der Waals surface area contributed by atoms with Crippen LogP contribution in [0.2, 0.25) is 0 Å². The van der Waals surface area contributed by atoms with Gasteiger partial charge in [-0.1, -0.05) is 25.1 Å². The molecule has 2 atom stereocenters. The maximum Gasteiger partial charge on any atom is 0.264 e. The minimum absolute atomic E-state index is 0.0794. The minimum atomic E-state index is -0.393. The Morgan fingerprint density at radius 1 is 1.33 bits per heavy atom. The van der Waals surface area contributed by atoms with Crippen LogP contribution >= 0.6 is 0 Å². The fourth-order valence-electron chi connectivity index (χ4n) is 3.53. The number of hydrogen-bond donors (Lipinski definition) is 1. The van der Waals surface area contributed by atoms with Crippen LogP contribution in [0.1, 0.15) is 38.2 Å². The maximum absolute atomic E-state index is 12.8. The molecule has 1 N–H and O–H groups in total. The maximum atomic E-state index is 12.8. The Morgan fingerprint density at radius 2 is 2.17 bits per heavy atom. The van der Waals surface area contributed by atoms with Gasteiger partial charge in [-0.3, -0.25) is 9.59 Å². The van der Waals surface area contributed by atoms with Gasteiger partial charge in [-0.25, -0.2) is 0 Å². The second-order valence-corrected chi connectivity index (χ2v) is 6.76. The van der Waals surface area contributed by atoms with Crippen molar-refractivity contribution in [3.63, 3.8) is 0 Å². The van der Waals surface area contributed by atoms with E-state index in [1.54, 1.807) is 0 Å². The van der Waals surface area contributed by atoms with E-state index in [0.29, 0.717) is 31.8 Å². The number of nitrogens with one attached hydrogen (secondary N) is 1. The van der Waals surface area contributed by atoms with E-state index in [0.717, 1.165) is 37.1 Å². The highest BCUT2D eigenvalue weighted by Crippen LogP contribution is 2.29. The minimum Gasteiger partial charge on any atom is -0.480 e. The van der Waals surface area contributed by atoms with Crippen molar-refractivity contribution in [2.75, 3.05) is 19.6 Å². The molecule has 0 aliphatic carbocycles. The molecule has 2 amide bonds. The number of benzene rings is 1. The highest BCUT2D eigenvalue weighted by molar-refractivity contribution is 5.82. The molecule has 2 aliphatic rings. The molecule has 1 saturated heterocycles. The molecule has 1 aromatic carbocycles. The molecule has 0 radical (unpaired) electrons. The first-order valence-corrected chi connectivity index (χ1v) is 8.97. The zero-order valence-electron chi connectivity index (χ0n) is 14.3. The number of carbonyl (C=O) groups excluding carboxylic acids is 2. The van der Waals surface area contributed by atoms with Gasteiger partial charge in [0.15, 0.2) is 6.10 Å². The quantitative estimate of drug-likeness (QED) is 0.900. The molecule has 1 aromatic rings. The number of hydrogen-bond acceptors (Lipinski definition) is 3. The lowest BCUT2D eigenvalue weighted by atomic mass is 9.97. The lowest BCUT2D eigenvalue weighted by Gasteiger charge is -2.34. The third-order valence-electron chi connectivity index (χ3n) is 4.82. The number of nitrogens with zero attached hydrogens (tertiary/aromatic N) is 1. The third-order valence-corrected chi connectivity index (χ3v) is 4.82. The number of carbonyl (C=O) groups is 2. The lowest BCUT2D eigenvalue weighted by Crippen LogP contribution is -2.48. The second kappa shape index (κ2) is 7.69. The molecule has 0 unspecified atom stereocenters. The van der Waals surface area contributed by atoms with Crippen LogP contribution in [0.25, 0.3) is 0 Å². The first-order chi connectivity index (χ1) is 11.7. The summed E-state index contributed by atoms with van der Waals surface area (Å²) >= 11 is 0. The molecule has 1 fully saturated rings. The van der Waals surface area contributed by atoms with Crippen molar-refractivity contribution >= 4 is 11.8 Å². The fourth-order valence-corrected chi connectivity index (χ4v) is 3.53. The Labute approximate surface area is 143 Å². The van der Waals surface area contributed by atoms with E-state index in [4.69, 9.17) is 4.74 Å². The van der Waals surface area contributed by atoms with E-state index in [1.807, 2.05) is 36.1 Å². The smallest absolute Gasteiger partial charge is 0.264 e. The topological polar surface area (TPSA) is 58.6 Å². The first-order valence-electron chi connectivity index (χ1n) is 8.97. The average molecular weight is 330 g/mol. The van der Waals surface area contributed by atoms with Crippen LogP contribution < -0.4 is 10.1 Å². The molecule has 5 nitrogen and oxygen atoms in total. The Balaban J connectivity index is 1.52. The summed E-state index contributed by atoms with van der Waals surface area (Å²) in [5.74, 6) is 1.36. The molecule has 0 saturated carbocycles. The van der Waals surface area contributed by atoms with Gasteiger partial charge in [0.1, 0.15) is 5.75 Å². The number of fused-ring (bicyclic) bond motifs is 1. The number of rotatable bonds is 5. The van der Waals surface area contributed by atoms with Gasteiger partial charge in [-0.15, -0.1) is 0 Å². The van der Waals surface area contributed by atoms with Crippen LogP contribution in [0.15, 0.2) is 24.3 Å². The zero-order valence-corrected chi connectivity index (χ0v) is 14.3. The molecule has 2 aliphatic heterocycles. The summed E-state index contributed by atoms with van der Waals surface area (Å²) in [4.78, 5) is 26.3. The van der Waals surface area contributed by atoms with Crippen molar-refractivity contribution in [2.45, 2.75) is 45.1 Å². The zero-order chi connectivity index (χ0) is 16.9. The fraction of sp³-hybridized carbons (Fsp3) is 0.579. The summed E-state index contributed by atoms with van der Waals surface area (Å²) in [6.07, 6.45) is 3.74. The van der Waals surface area contributed by atoms with E-state index in [1.165, 1.54) is 0 Å². The predicted octanol–water partition coefficient (Wildman–Crippen LogP) is 2.14. The molecule has 2 heterocycles. The average Bonchev–Trinajstić information content (AvgIpc) is 3.04. The summed E-state index contributed by atoms with van der Waals surface area (Å²) in [5.41, 5.74) is 1.11. The largest absolute Gasteiger partial charge is 0.480 e. The molecule has 130 valence electrons. The molecule has 0 spiro atoms. The van der Waals surface area contributed by atoms with E-state index in [-0.39, 0.29) is 11.8 Å². The Kier molecular flexibility index (Phi) is 5.38. The predicted molar refractivity (Wildman–Crippen MR) is 91.8 cm³/mol. The highest BCUT2D eigenvalue weighted by atomic mass is 16.5. The number of para-hydroxylation sites is 1.